The van der Waals surface area contributed by atoms with E-state index in [1.54, 1.807) is 6.07 Å². The number of hydrogen-bond donors (Lipinski definition) is 0. The van der Waals surface area contributed by atoms with Gasteiger partial charge >= 0.3 is 5.92 Å². The Balaban J connectivity index is 2.16. The molecule has 0 N–H and O–H groups in total. The first-order chi connectivity index (χ1) is 9.84. The van der Waals surface area contributed by atoms with Crippen LogP contribution in [0, 0.1) is 13.8 Å². The molecule has 108 valence electrons. The summed E-state index contributed by atoms with van der Waals surface area (Å²) in [7, 11) is 0. The van der Waals surface area contributed by atoms with E-state index in [0.717, 1.165) is 29.4 Å². The largest absolute Gasteiger partial charge is 0.306 e. The van der Waals surface area contributed by atoms with Gasteiger partial charge in [-0.1, -0.05) is 0 Å². The Kier molecular flexibility index (Phi) is 2.97. The van der Waals surface area contributed by atoms with Crippen LogP contribution in [0.4, 0.5) is 8.78 Å². The van der Waals surface area contributed by atoms with Crippen LogP contribution < -0.4 is 0 Å². The fraction of sp³-hybridized carbons (Fsp3) is 0.267. The van der Waals surface area contributed by atoms with Gasteiger partial charge in [0.25, 0.3) is 0 Å². The van der Waals surface area contributed by atoms with Gasteiger partial charge in [0, 0.05) is 31.1 Å². The topological polar surface area (TPSA) is 43.1 Å². The summed E-state index contributed by atoms with van der Waals surface area (Å²) >= 11 is 0. The minimum Gasteiger partial charge on any atom is -0.306 e. The smallest absolute Gasteiger partial charge is 0.303 e. The van der Waals surface area contributed by atoms with Crippen molar-refractivity contribution in [2.24, 2.45) is 0 Å². The van der Waals surface area contributed by atoms with Gasteiger partial charge in [0.2, 0.25) is 0 Å². The highest BCUT2D eigenvalue weighted by Crippen LogP contribution is 2.26. The third-order valence-corrected chi connectivity index (χ3v) is 3.20. The average molecular weight is 288 g/mol. The van der Waals surface area contributed by atoms with E-state index >= 15 is 0 Å². The van der Waals surface area contributed by atoms with Crippen LogP contribution in [0.15, 0.2) is 30.7 Å². The minimum atomic E-state index is -3.05. The highest BCUT2D eigenvalue weighted by atomic mass is 19.3. The van der Waals surface area contributed by atoms with Gasteiger partial charge in [-0.05, 0) is 31.5 Å². The van der Waals surface area contributed by atoms with Crippen molar-refractivity contribution >= 4 is 5.65 Å². The summed E-state index contributed by atoms with van der Waals surface area (Å²) in [5.74, 6) is -3.53. The van der Waals surface area contributed by atoms with Gasteiger partial charge in [-0.15, -0.1) is 0 Å². The molecule has 0 saturated carbocycles. The highest BCUT2D eigenvalue weighted by Gasteiger charge is 2.28. The lowest BCUT2D eigenvalue weighted by Crippen LogP contribution is -2.12. The number of aromatic nitrogens is 4. The normalized spacial score (nSPS) is 12.0. The van der Waals surface area contributed by atoms with E-state index in [4.69, 9.17) is 0 Å². The van der Waals surface area contributed by atoms with Crippen LogP contribution >= 0.6 is 0 Å². The molecule has 21 heavy (non-hydrogen) atoms. The summed E-state index contributed by atoms with van der Waals surface area (Å²) in [4.78, 5) is 12.0. The first kappa shape index (κ1) is 13.6. The predicted molar refractivity (Wildman–Crippen MR) is 75.3 cm³/mol. The van der Waals surface area contributed by atoms with Gasteiger partial charge in [0.1, 0.15) is 5.65 Å². The van der Waals surface area contributed by atoms with Gasteiger partial charge in [0.05, 0.1) is 11.4 Å². The maximum Gasteiger partial charge on any atom is 0.303 e. The van der Waals surface area contributed by atoms with Crippen LogP contribution in [-0.2, 0) is 5.92 Å². The molecule has 0 bridgehead atoms. The van der Waals surface area contributed by atoms with Crippen molar-refractivity contribution in [1.29, 1.82) is 0 Å². The lowest BCUT2D eigenvalue weighted by molar-refractivity contribution is 0.00779. The Morgan fingerprint density at radius 3 is 2.62 bits per heavy atom. The molecule has 0 aliphatic heterocycles. The van der Waals surface area contributed by atoms with Gasteiger partial charge in [-0.2, -0.15) is 8.78 Å². The monoisotopic (exact) mass is 288 g/mol. The number of fused-ring (bicyclic) bond motifs is 1. The SMILES string of the molecule is Cc1cn2cc(-c3ccnc(C(C)(F)F)n3)cc(C)c2n1. The number of pyridine rings is 1. The number of alkyl halides is 2. The Hall–Kier alpha value is -2.37. The summed E-state index contributed by atoms with van der Waals surface area (Å²) < 4.78 is 28.6. The molecule has 3 aromatic rings. The molecule has 3 aromatic heterocycles. The van der Waals surface area contributed by atoms with Crippen LogP contribution in [0.5, 0.6) is 0 Å². The van der Waals surface area contributed by atoms with Crippen molar-refractivity contribution in [2.45, 2.75) is 26.7 Å². The molecule has 0 aliphatic rings. The van der Waals surface area contributed by atoms with Gasteiger partial charge in [-0.3, -0.25) is 0 Å². The number of aryl methyl sites for hydroxylation is 2. The summed E-state index contributed by atoms with van der Waals surface area (Å²) in [6.45, 7) is 4.63. The first-order valence-corrected chi connectivity index (χ1v) is 6.52. The lowest BCUT2D eigenvalue weighted by Gasteiger charge is -2.10. The molecule has 0 aliphatic carbocycles. The molecule has 0 saturated heterocycles. The molecule has 0 atom stereocenters. The molecule has 3 rings (SSSR count). The number of rotatable bonds is 2. The van der Waals surface area contributed by atoms with E-state index in [1.807, 2.05) is 36.7 Å². The summed E-state index contributed by atoms with van der Waals surface area (Å²) in [6, 6.07) is 3.52. The fourth-order valence-electron chi connectivity index (χ4n) is 2.26. The summed E-state index contributed by atoms with van der Waals surface area (Å²) in [5, 5.41) is 0. The first-order valence-electron chi connectivity index (χ1n) is 6.52. The summed E-state index contributed by atoms with van der Waals surface area (Å²) in [5.41, 5.74) is 3.94. The Bertz CT molecular complexity index is 818. The van der Waals surface area contributed by atoms with E-state index in [-0.39, 0.29) is 0 Å². The zero-order valence-corrected chi connectivity index (χ0v) is 11.9. The summed E-state index contributed by atoms with van der Waals surface area (Å²) in [6.07, 6.45) is 5.08. The molecule has 0 radical (unpaired) electrons. The quantitative estimate of drug-likeness (QED) is 0.724. The van der Waals surface area contributed by atoms with Gasteiger partial charge in [-0.25, -0.2) is 15.0 Å². The lowest BCUT2D eigenvalue weighted by atomic mass is 10.1. The van der Waals surface area contributed by atoms with E-state index in [0.29, 0.717) is 5.69 Å². The second-order valence-electron chi connectivity index (χ2n) is 5.18. The number of nitrogens with zero attached hydrogens (tertiary/aromatic N) is 4. The zero-order valence-electron chi connectivity index (χ0n) is 11.9. The van der Waals surface area contributed by atoms with Crippen molar-refractivity contribution in [2.75, 3.05) is 0 Å². The third-order valence-electron chi connectivity index (χ3n) is 3.20. The standard InChI is InChI=1S/C15H14F2N4/c1-9-6-11(8-21-7-10(2)19-13(9)21)12-4-5-18-14(20-12)15(3,16)17/h4-8H,1-3H3. The third kappa shape index (κ3) is 2.49. The zero-order chi connectivity index (χ0) is 15.2. The van der Waals surface area contributed by atoms with Crippen LogP contribution in [0.3, 0.4) is 0 Å². The van der Waals surface area contributed by atoms with Crippen molar-refractivity contribution in [1.82, 2.24) is 19.4 Å². The highest BCUT2D eigenvalue weighted by molar-refractivity contribution is 5.64. The van der Waals surface area contributed by atoms with Crippen molar-refractivity contribution in [3.05, 3.63) is 47.8 Å². The maximum absolute atomic E-state index is 13.3. The second kappa shape index (κ2) is 4.58. The second-order valence-corrected chi connectivity index (χ2v) is 5.18. The minimum absolute atomic E-state index is 0.470. The molecular weight excluding hydrogens is 274 g/mol. The van der Waals surface area contributed by atoms with E-state index in [9.17, 15) is 8.78 Å². The van der Waals surface area contributed by atoms with E-state index < -0.39 is 11.7 Å². The molecular formula is C15H14F2N4. The molecule has 6 heteroatoms. The number of imidazole rings is 1. The Morgan fingerprint density at radius 2 is 1.90 bits per heavy atom. The van der Waals surface area contributed by atoms with Gasteiger partial charge in [0.15, 0.2) is 5.82 Å². The van der Waals surface area contributed by atoms with Crippen molar-refractivity contribution in [3.8, 4) is 11.3 Å². The van der Waals surface area contributed by atoms with Crippen molar-refractivity contribution in [3.63, 3.8) is 0 Å². The fourth-order valence-corrected chi connectivity index (χ4v) is 2.26. The van der Waals surface area contributed by atoms with Crippen molar-refractivity contribution < 1.29 is 8.78 Å². The molecule has 0 fully saturated rings. The van der Waals surface area contributed by atoms with E-state index in [1.165, 1.54) is 6.20 Å². The number of hydrogen-bond acceptors (Lipinski definition) is 3. The predicted octanol–water partition coefficient (Wildman–Crippen LogP) is 3.52. The Morgan fingerprint density at radius 1 is 1.14 bits per heavy atom. The number of halogens is 2. The van der Waals surface area contributed by atoms with Gasteiger partial charge < -0.3 is 4.40 Å². The van der Waals surface area contributed by atoms with Crippen LogP contribution in [0.2, 0.25) is 0 Å². The molecule has 0 unspecified atom stereocenters. The van der Waals surface area contributed by atoms with E-state index in [2.05, 4.69) is 15.0 Å². The average Bonchev–Trinajstić information content (AvgIpc) is 2.79. The molecule has 0 aromatic carbocycles. The van der Waals surface area contributed by atoms with Crippen LogP contribution in [0.25, 0.3) is 16.9 Å². The molecule has 0 amide bonds. The maximum atomic E-state index is 13.3. The molecule has 0 spiro atoms. The molecule has 3 heterocycles. The Labute approximate surface area is 120 Å². The molecule has 4 nitrogen and oxygen atoms in total. The van der Waals surface area contributed by atoms with Crippen LogP contribution in [-0.4, -0.2) is 19.4 Å². The van der Waals surface area contributed by atoms with Crippen LogP contribution in [0.1, 0.15) is 24.0 Å².